The Hall–Kier alpha value is -6.44. The molecule has 0 amide bonds. The lowest BCUT2D eigenvalue weighted by molar-refractivity contribution is 0.586. The zero-order valence-corrected chi connectivity index (χ0v) is 34.3. The molecule has 0 heterocycles. The minimum Gasteiger partial charge on any atom is -0.310 e. The largest absolute Gasteiger partial charge is 0.310 e. The number of nitrogens with zero attached hydrogens (tertiary/aromatic N) is 1. The molecule has 8 aromatic rings. The molecule has 1 nitrogen and oxygen atoms in total. The molecule has 10 rings (SSSR count). The summed E-state index contributed by atoms with van der Waals surface area (Å²) >= 11 is 0. The number of rotatable bonds is 5. The van der Waals surface area contributed by atoms with E-state index >= 15 is 0 Å². The molecular weight excluding hydrogens is 699 g/mol. The zero-order chi connectivity index (χ0) is 39.8. The quantitative estimate of drug-likeness (QED) is 0.169. The topological polar surface area (TPSA) is 3.24 Å². The second kappa shape index (κ2) is 13.3. The predicted octanol–water partition coefficient (Wildman–Crippen LogP) is 15.4. The summed E-state index contributed by atoms with van der Waals surface area (Å²) in [5.41, 5.74) is 21.2. The van der Waals surface area contributed by atoms with Crippen molar-refractivity contribution in [2.75, 3.05) is 4.90 Å². The SMILES string of the molecule is CC(C)(C)c1ccc2c(c1)C1(c3ccccc3-c3ccc(N(c4ccccc4)c4ccc(-c5ccccc5)c(-c5ccccc5)c4)cc31)c1cc(C(C)(C)C)ccc1-2. The number of fused-ring (bicyclic) bond motifs is 10. The van der Waals surface area contributed by atoms with Crippen LogP contribution < -0.4 is 4.90 Å². The van der Waals surface area contributed by atoms with Crippen LogP contribution in [0.1, 0.15) is 74.9 Å². The molecule has 0 atom stereocenters. The number of hydrogen-bond donors (Lipinski definition) is 0. The van der Waals surface area contributed by atoms with E-state index in [1.165, 1.54) is 77.9 Å². The Balaban J connectivity index is 1.26. The summed E-state index contributed by atoms with van der Waals surface area (Å²) in [6.45, 7) is 14.0. The molecule has 58 heavy (non-hydrogen) atoms. The van der Waals surface area contributed by atoms with E-state index in [0.717, 1.165) is 17.1 Å². The first-order chi connectivity index (χ1) is 28.0. The summed E-state index contributed by atoms with van der Waals surface area (Å²) < 4.78 is 0. The molecule has 1 heteroatoms. The Morgan fingerprint density at radius 1 is 0.310 bits per heavy atom. The smallest absolute Gasteiger partial charge is 0.0726 e. The van der Waals surface area contributed by atoms with E-state index in [1.54, 1.807) is 0 Å². The predicted molar refractivity (Wildman–Crippen MR) is 246 cm³/mol. The van der Waals surface area contributed by atoms with Gasteiger partial charge in [-0.1, -0.05) is 193 Å². The van der Waals surface area contributed by atoms with Crippen LogP contribution in [0.25, 0.3) is 44.5 Å². The first-order valence-corrected chi connectivity index (χ1v) is 20.7. The highest BCUT2D eigenvalue weighted by Gasteiger charge is 2.52. The number of anilines is 3. The first kappa shape index (κ1) is 35.9. The van der Waals surface area contributed by atoms with E-state index in [0.29, 0.717) is 0 Å². The molecule has 0 saturated heterocycles. The molecular formula is C57H49N. The van der Waals surface area contributed by atoms with Gasteiger partial charge in [0.25, 0.3) is 0 Å². The summed E-state index contributed by atoms with van der Waals surface area (Å²) in [6.07, 6.45) is 0. The lowest BCUT2D eigenvalue weighted by atomic mass is 9.68. The third kappa shape index (κ3) is 5.59. The zero-order valence-electron chi connectivity index (χ0n) is 34.3. The average molecular weight is 748 g/mol. The Kier molecular flexibility index (Phi) is 8.25. The van der Waals surface area contributed by atoms with Crippen LogP contribution in [-0.4, -0.2) is 0 Å². The summed E-state index contributed by atoms with van der Waals surface area (Å²) in [7, 11) is 0. The molecule has 8 aromatic carbocycles. The molecule has 0 bridgehead atoms. The van der Waals surface area contributed by atoms with Crippen LogP contribution in [0.2, 0.25) is 0 Å². The molecule has 2 aliphatic rings. The van der Waals surface area contributed by atoms with Crippen LogP contribution >= 0.6 is 0 Å². The average Bonchev–Trinajstić information content (AvgIpc) is 3.70. The van der Waals surface area contributed by atoms with Crippen LogP contribution in [-0.2, 0) is 16.2 Å². The Morgan fingerprint density at radius 2 is 0.724 bits per heavy atom. The third-order valence-corrected chi connectivity index (χ3v) is 12.6. The van der Waals surface area contributed by atoms with Crippen LogP contribution in [0.3, 0.4) is 0 Å². The van der Waals surface area contributed by atoms with Gasteiger partial charge in [-0.3, -0.25) is 0 Å². The third-order valence-electron chi connectivity index (χ3n) is 12.6. The van der Waals surface area contributed by atoms with Crippen molar-refractivity contribution in [2.45, 2.75) is 57.8 Å². The molecule has 0 radical (unpaired) electrons. The Morgan fingerprint density at radius 3 is 1.28 bits per heavy atom. The minimum atomic E-state index is -0.482. The fourth-order valence-electron chi connectivity index (χ4n) is 9.67. The van der Waals surface area contributed by atoms with E-state index in [1.807, 2.05) is 0 Å². The van der Waals surface area contributed by atoms with Crippen molar-refractivity contribution in [3.63, 3.8) is 0 Å². The van der Waals surface area contributed by atoms with Crippen LogP contribution in [0.4, 0.5) is 17.1 Å². The van der Waals surface area contributed by atoms with Crippen LogP contribution in [0, 0.1) is 0 Å². The minimum absolute atomic E-state index is 0.00313. The molecule has 0 N–H and O–H groups in total. The number of hydrogen-bond acceptors (Lipinski definition) is 1. The van der Waals surface area contributed by atoms with E-state index in [4.69, 9.17) is 0 Å². The molecule has 0 unspecified atom stereocenters. The van der Waals surface area contributed by atoms with Crippen molar-refractivity contribution in [2.24, 2.45) is 0 Å². The highest BCUT2D eigenvalue weighted by atomic mass is 15.1. The van der Waals surface area contributed by atoms with E-state index in [2.05, 4.69) is 234 Å². The molecule has 2 aliphatic carbocycles. The lowest BCUT2D eigenvalue weighted by Crippen LogP contribution is -2.27. The van der Waals surface area contributed by atoms with Crippen molar-refractivity contribution < 1.29 is 0 Å². The number of para-hydroxylation sites is 1. The molecule has 282 valence electrons. The van der Waals surface area contributed by atoms with Gasteiger partial charge < -0.3 is 4.90 Å². The maximum absolute atomic E-state index is 2.54. The van der Waals surface area contributed by atoms with E-state index < -0.39 is 5.41 Å². The van der Waals surface area contributed by atoms with Gasteiger partial charge >= 0.3 is 0 Å². The van der Waals surface area contributed by atoms with Crippen molar-refractivity contribution in [3.05, 3.63) is 221 Å². The highest BCUT2D eigenvalue weighted by molar-refractivity contribution is 5.97. The van der Waals surface area contributed by atoms with Gasteiger partial charge in [-0.15, -0.1) is 0 Å². The van der Waals surface area contributed by atoms with Crippen molar-refractivity contribution in [3.8, 4) is 44.5 Å². The first-order valence-electron chi connectivity index (χ1n) is 20.7. The standard InChI is InChI=1S/C57H49N/c1-55(2,3)40-26-30-47-48-31-27-41(56(4,5)6)35-53(48)57(52(47)34-40)51-25-17-16-24-46(51)49-33-29-44(37-54(49)57)58(42-22-14-9-15-23-42)43-28-32-45(38-18-10-7-11-19-38)50(36-43)39-20-12-8-13-21-39/h7-37H,1-6H3. The van der Waals surface area contributed by atoms with Gasteiger partial charge in [-0.05, 0) is 125 Å². The van der Waals surface area contributed by atoms with Gasteiger partial charge in [0.1, 0.15) is 0 Å². The molecule has 0 aliphatic heterocycles. The molecule has 1 spiro atoms. The fraction of sp³-hybridized carbons (Fsp3) is 0.158. The molecule has 0 saturated carbocycles. The summed E-state index contributed by atoms with van der Waals surface area (Å²) in [6, 6.07) is 70.4. The maximum Gasteiger partial charge on any atom is 0.0726 e. The maximum atomic E-state index is 2.54. The van der Waals surface area contributed by atoms with Gasteiger partial charge in [-0.25, -0.2) is 0 Å². The van der Waals surface area contributed by atoms with Crippen molar-refractivity contribution >= 4 is 17.1 Å². The van der Waals surface area contributed by atoms with E-state index in [9.17, 15) is 0 Å². The van der Waals surface area contributed by atoms with Gasteiger partial charge in [0.15, 0.2) is 0 Å². The van der Waals surface area contributed by atoms with Crippen molar-refractivity contribution in [1.82, 2.24) is 0 Å². The van der Waals surface area contributed by atoms with Gasteiger partial charge in [0.2, 0.25) is 0 Å². The fourth-order valence-corrected chi connectivity index (χ4v) is 9.67. The monoisotopic (exact) mass is 747 g/mol. The number of benzene rings is 8. The summed E-state index contributed by atoms with van der Waals surface area (Å²) in [5, 5.41) is 0. The van der Waals surface area contributed by atoms with Gasteiger partial charge in [-0.2, -0.15) is 0 Å². The normalized spacial score (nSPS) is 13.5. The molecule has 0 aromatic heterocycles. The van der Waals surface area contributed by atoms with Crippen LogP contribution in [0.15, 0.2) is 188 Å². The second-order valence-corrected chi connectivity index (χ2v) is 18.2. The molecule has 0 fully saturated rings. The van der Waals surface area contributed by atoms with Crippen LogP contribution in [0.5, 0.6) is 0 Å². The highest BCUT2D eigenvalue weighted by Crippen LogP contribution is 2.64. The summed E-state index contributed by atoms with van der Waals surface area (Å²) in [4.78, 5) is 2.45. The Bertz CT molecular complexity index is 2770. The second-order valence-electron chi connectivity index (χ2n) is 18.2. The summed E-state index contributed by atoms with van der Waals surface area (Å²) in [5.74, 6) is 0. The lowest BCUT2D eigenvalue weighted by Gasteiger charge is -2.34. The van der Waals surface area contributed by atoms with E-state index in [-0.39, 0.29) is 10.8 Å². The Labute approximate surface area is 344 Å². The van der Waals surface area contributed by atoms with Crippen molar-refractivity contribution in [1.29, 1.82) is 0 Å². The van der Waals surface area contributed by atoms with Gasteiger partial charge in [0, 0.05) is 17.1 Å². The van der Waals surface area contributed by atoms with Gasteiger partial charge in [0.05, 0.1) is 5.41 Å².